The number of ether oxygens (including phenoxy) is 1. The molecule has 2 N–H and O–H groups in total. The lowest BCUT2D eigenvalue weighted by atomic mass is 10.2. The summed E-state index contributed by atoms with van der Waals surface area (Å²) in [6.07, 6.45) is 0. The number of amides is 2. The molecule has 2 aromatic carbocycles. The molecule has 3 rings (SSSR count). The van der Waals surface area contributed by atoms with Gasteiger partial charge in [0.1, 0.15) is 28.9 Å². The lowest BCUT2D eigenvalue weighted by molar-refractivity contribution is -0.114. The molecule has 0 saturated carbocycles. The Balaban J connectivity index is 1.62. The minimum absolute atomic E-state index is 0.0133. The second-order valence-corrected chi connectivity index (χ2v) is 7.08. The molecule has 6 nitrogen and oxygen atoms in total. The Morgan fingerprint density at radius 2 is 1.93 bits per heavy atom. The van der Waals surface area contributed by atoms with Crippen molar-refractivity contribution in [2.45, 2.75) is 13.5 Å². The van der Waals surface area contributed by atoms with Crippen molar-refractivity contribution in [3.8, 4) is 5.75 Å². The summed E-state index contributed by atoms with van der Waals surface area (Å²) >= 11 is 7.11. The zero-order valence-electron chi connectivity index (χ0n) is 14.7. The number of carbonyl (C=O) groups is 2. The molecule has 0 bridgehead atoms. The number of nitrogens with zero attached hydrogens (tertiary/aromatic N) is 1. The van der Waals surface area contributed by atoms with Crippen LogP contribution in [-0.4, -0.2) is 16.8 Å². The first kappa shape index (κ1) is 19.8. The van der Waals surface area contributed by atoms with Gasteiger partial charge in [-0.2, -0.15) is 0 Å². The Morgan fingerprint density at radius 1 is 1.18 bits per heavy atom. The van der Waals surface area contributed by atoms with Gasteiger partial charge in [-0.25, -0.2) is 9.37 Å². The lowest BCUT2D eigenvalue weighted by Crippen LogP contribution is -2.14. The molecule has 0 fully saturated rings. The van der Waals surface area contributed by atoms with Crippen molar-refractivity contribution in [2.24, 2.45) is 0 Å². The molecule has 28 heavy (non-hydrogen) atoms. The van der Waals surface area contributed by atoms with Crippen molar-refractivity contribution in [1.82, 2.24) is 4.98 Å². The summed E-state index contributed by atoms with van der Waals surface area (Å²) in [6.45, 7) is 1.48. The van der Waals surface area contributed by atoms with Gasteiger partial charge in [0, 0.05) is 23.0 Å². The summed E-state index contributed by atoms with van der Waals surface area (Å²) in [5.41, 5.74) is 0.535. The van der Waals surface area contributed by atoms with Crippen molar-refractivity contribution in [3.05, 3.63) is 69.4 Å². The van der Waals surface area contributed by atoms with E-state index in [0.29, 0.717) is 21.5 Å². The van der Waals surface area contributed by atoms with E-state index in [1.807, 2.05) is 0 Å². The Morgan fingerprint density at radius 3 is 2.64 bits per heavy atom. The smallest absolute Gasteiger partial charge is 0.275 e. The summed E-state index contributed by atoms with van der Waals surface area (Å²) in [5.74, 6) is -0.813. The second kappa shape index (κ2) is 8.81. The van der Waals surface area contributed by atoms with Gasteiger partial charge < -0.3 is 15.4 Å². The SMILES string of the molecule is CC(=O)Nc1cc(NC(=O)c2csc(COc3ccc(Cl)cc3)n2)ccc1F. The number of aromatic nitrogens is 1. The molecule has 0 saturated heterocycles. The van der Waals surface area contributed by atoms with Crippen LogP contribution < -0.4 is 15.4 Å². The van der Waals surface area contributed by atoms with Crippen LogP contribution in [0.25, 0.3) is 0 Å². The van der Waals surface area contributed by atoms with E-state index >= 15 is 0 Å². The molecular weight excluding hydrogens is 405 g/mol. The number of hydrogen-bond acceptors (Lipinski definition) is 5. The number of benzene rings is 2. The molecule has 0 aliphatic carbocycles. The van der Waals surface area contributed by atoms with E-state index in [1.54, 1.807) is 29.6 Å². The van der Waals surface area contributed by atoms with Crippen LogP contribution in [0.5, 0.6) is 5.75 Å². The third-order valence-corrected chi connectivity index (χ3v) is 4.57. The highest BCUT2D eigenvalue weighted by Gasteiger charge is 2.13. The molecule has 2 amide bonds. The van der Waals surface area contributed by atoms with Crippen molar-refractivity contribution >= 4 is 46.1 Å². The highest BCUT2D eigenvalue weighted by molar-refractivity contribution is 7.09. The van der Waals surface area contributed by atoms with Gasteiger partial charge in [-0.05, 0) is 42.5 Å². The van der Waals surface area contributed by atoms with Gasteiger partial charge >= 0.3 is 0 Å². The molecule has 0 unspecified atom stereocenters. The van der Waals surface area contributed by atoms with Crippen molar-refractivity contribution in [1.29, 1.82) is 0 Å². The molecular formula is C19H15ClFN3O3S. The molecule has 3 aromatic rings. The Bertz CT molecular complexity index is 1010. The van der Waals surface area contributed by atoms with Crippen LogP contribution in [-0.2, 0) is 11.4 Å². The fourth-order valence-corrected chi connectivity index (χ4v) is 3.05. The normalized spacial score (nSPS) is 10.4. The average molecular weight is 420 g/mol. The van der Waals surface area contributed by atoms with Crippen LogP contribution in [0, 0.1) is 5.82 Å². The minimum atomic E-state index is -0.594. The van der Waals surface area contributed by atoms with Gasteiger partial charge in [0.25, 0.3) is 5.91 Å². The molecule has 0 aliphatic heterocycles. The van der Waals surface area contributed by atoms with Gasteiger partial charge in [-0.3, -0.25) is 9.59 Å². The molecule has 1 aromatic heterocycles. The van der Waals surface area contributed by atoms with Crippen LogP contribution in [0.3, 0.4) is 0 Å². The maximum atomic E-state index is 13.7. The van der Waals surface area contributed by atoms with E-state index in [0.717, 1.165) is 6.07 Å². The number of rotatable bonds is 6. The molecule has 144 valence electrons. The summed E-state index contributed by atoms with van der Waals surface area (Å²) in [4.78, 5) is 27.7. The highest BCUT2D eigenvalue weighted by Crippen LogP contribution is 2.21. The van der Waals surface area contributed by atoms with Crippen LogP contribution in [0.4, 0.5) is 15.8 Å². The summed E-state index contributed by atoms with van der Waals surface area (Å²) in [6, 6.07) is 10.8. The fraction of sp³-hybridized carbons (Fsp3) is 0.105. The zero-order valence-corrected chi connectivity index (χ0v) is 16.2. The predicted octanol–water partition coefficient (Wildman–Crippen LogP) is 4.73. The third-order valence-electron chi connectivity index (χ3n) is 3.50. The van der Waals surface area contributed by atoms with Gasteiger partial charge in [-0.15, -0.1) is 11.3 Å². The lowest BCUT2D eigenvalue weighted by Gasteiger charge is -2.08. The third kappa shape index (κ3) is 5.28. The molecule has 0 atom stereocenters. The van der Waals surface area contributed by atoms with Crippen molar-refractivity contribution < 1.29 is 18.7 Å². The van der Waals surface area contributed by atoms with E-state index < -0.39 is 17.6 Å². The minimum Gasteiger partial charge on any atom is -0.486 e. The molecule has 9 heteroatoms. The number of carbonyl (C=O) groups excluding carboxylic acids is 2. The molecule has 0 radical (unpaired) electrons. The molecule has 0 spiro atoms. The second-order valence-electron chi connectivity index (χ2n) is 5.70. The highest BCUT2D eigenvalue weighted by atomic mass is 35.5. The summed E-state index contributed by atoms with van der Waals surface area (Å²) < 4.78 is 19.3. The molecule has 0 aliphatic rings. The van der Waals surface area contributed by atoms with E-state index in [1.165, 1.54) is 30.4 Å². The van der Waals surface area contributed by atoms with Gasteiger partial charge in [0.2, 0.25) is 5.91 Å². The van der Waals surface area contributed by atoms with E-state index in [4.69, 9.17) is 16.3 Å². The summed E-state index contributed by atoms with van der Waals surface area (Å²) in [5, 5.41) is 7.83. The number of nitrogens with one attached hydrogen (secondary N) is 2. The topological polar surface area (TPSA) is 80.3 Å². The molecule has 1 heterocycles. The van der Waals surface area contributed by atoms with Gasteiger partial charge in [0.05, 0.1) is 5.69 Å². The quantitative estimate of drug-likeness (QED) is 0.605. The van der Waals surface area contributed by atoms with E-state index in [-0.39, 0.29) is 18.0 Å². The predicted molar refractivity (Wildman–Crippen MR) is 107 cm³/mol. The van der Waals surface area contributed by atoms with Crippen molar-refractivity contribution in [2.75, 3.05) is 10.6 Å². The maximum Gasteiger partial charge on any atom is 0.275 e. The van der Waals surface area contributed by atoms with Crippen LogP contribution >= 0.6 is 22.9 Å². The number of hydrogen-bond donors (Lipinski definition) is 2. The monoisotopic (exact) mass is 419 g/mol. The van der Waals surface area contributed by atoms with E-state index in [9.17, 15) is 14.0 Å². The van der Waals surface area contributed by atoms with E-state index in [2.05, 4.69) is 15.6 Å². The van der Waals surface area contributed by atoms with Gasteiger partial charge in [-0.1, -0.05) is 11.6 Å². The standard InChI is InChI=1S/C19H15ClFN3O3S/c1-11(25)22-16-8-13(4-7-15(16)21)23-19(26)17-10-28-18(24-17)9-27-14-5-2-12(20)3-6-14/h2-8,10H,9H2,1H3,(H,22,25)(H,23,26). The Labute approximate surface area is 169 Å². The summed E-state index contributed by atoms with van der Waals surface area (Å²) in [7, 11) is 0. The zero-order chi connectivity index (χ0) is 20.1. The average Bonchev–Trinajstić information content (AvgIpc) is 3.13. The first-order valence-corrected chi connectivity index (χ1v) is 9.38. The van der Waals surface area contributed by atoms with Crippen LogP contribution in [0.2, 0.25) is 5.02 Å². The largest absolute Gasteiger partial charge is 0.486 e. The first-order valence-electron chi connectivity index (χ1n) is 8.12. The Hall–Kier alpha value is -2.97. The fourth-order valence-electron chi connectivity index (χ4n) is 2.24. The number of anilines is 2. The van der Waals surface area contributed by atoms with Gasteiger partial charge in [0.15, 0.2) is 0 Å². The van der Waals surface area contributed by atoms with Crippen molar-refractivity contribution in [3.63, 3.8) is 0 Å². The first-order chi connectivity index (χ1) is 13.4. The maximum absolute atomic E-state index is 13.7. The van der Waals surface area contributed by atoms with Crippen LogP contribution in [0.1, 0.15) is 22.4 Å². The number of thiazole rings is 1. The van der Waals surface area contributed by atoms with Crippen LogP contribution in [0.15, 0.2) is 47.8 Å². The number of halogens is 2. The Kier molecular flexibility index (Phi) is 6.23.